The normalized spacial score (nSPS) is 10.2. The summed E-state index contributed by atoms with van der Waals surface area (Å²) in [6.07, 6.45) is 0.252. The molecule has 0 bridgehead atoms. The average molecular weight is 376 g/mol. The van der Waals surface area contributed by atoms with Crippen LogP contribution in [0.25, 0.3) is 0 Å². The number of halogens is 1. The molecule has 7 heteroatoms. The summed E-state index contributed by atoms with van der Waals surface area (Å²) in [7, 11) is 4.94. The van der Waals surface area contributed by atoms with Crippen molar-refractivity contribution in [2.24, 2.45) is 0 Å². The highest BCUT2D eigenvalue weighted by Crippen LogP contribution is 2.27. The number of carbonyl (C=O) groups excluding carboxylic acids is 2. The number of hydrogen-bond donors (Lipinski definition) is 2. The van der Waals surface area contributed by atoms with Crippen LogP contribution in [0.4, 0.5) is 11.4 Å². The van der Waals surface area contributed by atoms with Gasteiger partial charge >= 0.3 is 0 Å². The first-order valence-electron chi connectivity index (χ1n) is 8.09. The molecule has 2 aromatic rings. The van der Waals surface area contributed by atoms with Crippen LogP contribution in [0, 0.1) is 0 Å². The lowest BCUT2D eigenvalue weighted by molar-refractivity contribution is -0.115. The summed E-state index contributed by atoms with van der Waals surface area (Å²) in [5.41, 5.74) is 1.84. The third kappa shape index (κ3) is 5.39. The van der Waals surface area contributed by atoms with E-state index in [1.54, 1.807) is 63.7 Å². The second kappa shape index (κ2) is 9.10. The zero-order valence-electron chi connectivity index (χ0n) is 15.0. The zero-order chi connectivity index (χ0) is 19.1. The van der Waals surface area contributed by atoms with Crippen LogP contribution in [0.2, 0.25) is 5.02 Å². The number of rotatable bonds is 7. The van der Waals surface area contributed by atoms with Gasteiger partial charge in [0.2, 0.25) is 5.91 Å². The van der Waals surface area contributed by atoms with E-state index < -0.39 is 0 Å². The molecule has 0 saturated heterocycles. The van der Waals surface area contributed by atoms with Crippen LogP contribution < -0.4 is 15.4 Å². The highest BCUT2D eigenvalue weighted by molar-refractivity contribution is 6.30. The Morgan fingerprint density at radius 2 is 1.92 bits per heavy atom. The minimum atomic E-state index is -0.159. The Hall–Kier alpha value is -2.73. The molecule has 2 rings (SSSR count). The number of amides is 2. The molecule has 2 N–H and O–H groups in total. The van der Waals surface area contributed by atoms with Gasteiger partial charge in [0.05, 0.1) is 12.8 Å². The van der Waals surface area contributed by atoms with E-state index in [1.165, 1.54) is 4.90 Å². The maximum absolute atomic E-state index is 12.1. The second-order valence-corrected chi connectivity index (χ2v) is 6.29. The fourth-order valence-electron chi connectivity index (χ4n) is 2.34. The summed E-state index contributed by atoms with van der Waals surface area (Å²) in [4.78, 5) is 25.6. The van der Waals surface area contributed by atoms with Crippen molar-refractivity contribution >= 4 is 34.8 Å². The number of methoxy groups -OCH3 is 1. The summed E-state index contributed by atoms with van der Waals surface area (Å²) in [6.45, 7) is 0.416. The van der Waals surface area contributed by atoms with Gasteiger partial charge in [-0.3, -0.25) is 9.59 Å². The van der Waals surface area contributed by atoms with Gasteiger partial charge in [0, 0.05) is 43.3 Å². The van der Waals surface area contributed by atoms with E-state index in [0.717, 1.165) is 5.69 Å². The molecule has 0 spiro atoms. The molecule has 6 nitrogen and oxygen atoms in total. The number of ether oxygens (including phenoxy) is 1. The molecule has 26 heavy (non-hydrogen) atoms. The fraction of sp³-hybridized carbons (Fsp3) is 0.263. The molecule has 0 aromatic heterocycles. The van der Waals surface area contributed by atoms with Crippen LogP contribution in [0.15, 0.2) is 42.5 Å². The van der Waals surface area contributed by atoms with E-state index in [4.69, 9.17) is 16.3 Å². The third-order valence-electron chi connectivity index (χ3n) is 3.63. The molecule has 0 unspecified atom stereocenters. The molecule has 0 atom stereocenters. The molecule has 0 saturated carbocycles. The van der Waals surface area contributed by atoms with Crippen molar-refractivity contribution in [1.82, 2.24) is 4.90 Å². The van der Waals surface area contributed by atoms with E-state index >= 15 is 0 Å². The van der Waals surface area contributed by atoms with Crippen molar-refractivity contribution in [3.63, 3.8) is 0 Å². The van der Waals surface area contributed by atoms with Gasteiger partial charge < -0.3 is 20.3 Å². The van der Waals surface area contributed by atoms with Crippen molar-refractivity contribution in [1.29, 1.82) is 0 Å². The van der Waals surface area contributed by atoms with E-state index in [2.05, 4.69) is 10.6 Å². The number of benzene rings is 2. The highest BCUT2D eigenvalue weighted by Gasteiger charge is 2.10. The Morgan fingerprint density at radius 3 is 2.62 bits per heavy atom. The quantitative estimate of drug-likeness (QED) is 0.777. The molecule has 0 heterocycles. The van der Waals surface area contributed by atoms with Crippen molar-refractivity contribution in [3.8, 4) is 5.75 Å². The van der Waals surface area contributed by atoms with Crippen LogP contribution in [0.5, 0.6) is 5.75 Å². The number of nitrogens with one attached hydrogen (secondary N) is 2. The van der Waals surface area contributed by atoms with Gasteiger partial charge in [0.15, 0.2) is 0 Å². The Morgan fingerprint density at radius 1 is 1.15 bits per heavy atom. The molecular weight excluding hydrogens is 354 g/mol. The SMILES string of the molecule is COc1ccc(Cl)cc1NCCC(=O)Nc1cccc(C(=O)N(C)C)c1. The first-order valence-corrected chi connectivity index (χ1v) is 8.47. The average Bonchev–Trinajstić information content (AvgIpc) is 2.61. The Kier molecular flexibility index (Phi) is 6.86. The fourth-order valence-corrected chi connectivity index (χ4v) is 2.51. The smallest absolute Gasteiger partial charge is 0.253 e. The zero-order valence-corrected chi connectivity index (χ0v) is 15.8. The summed E-state index contributed by atoms with van der Waals surface area (Å²) in [5.74, 6) is 0.383. The van der Waals surface area contributed by atoms with Crippen molar-refractivity contribution in [2.75, 3.05) is 38.4 Å². The molecule has 138 valence electrons. The Labute approximate surface area is 158 Å². The van der Waals surface area contributed by atoms with Gasteiger partial charge in [-0.15, -0.1) is 0 Å². The predicted octanol–water partition coefficient (Wildman–Crippen LogP) is 3.49. The molecule has 0 aliphatic carbocycles. The standard InChI is InChI=1S/C19H22ClN3O3/c1-23(2)19(25)13-5-4-6-15(11-13)22-18(24)9-10-21-16-12-14(20)7-8-17(16)26-3/h4-8,11-12,21H,9-10H2,1-3H3,(H,22,24). The molecule has 0 aliphatic heterocycles. The minimum absolute atomic E-state index is 0.115. The monoisotopic (exact) mass is 375 g/mol. The van der Waals surface area contributed by atoms with Gasteiger partial charge in [0.1, 0.15) is 5.75 Å². The molecule has 0 aliphatic rings. The lowest BCUT2D eigenvalue weighted by atomic mass is 10.2. The van der Waals surface area contributed by atoms with Gasteiger partial charge in [-0.2, -0.15) is 0 Å². The van der Waals surface area contributed by atoms with Crippen LogP contribution in [0.1, 0.15) is 16.8 Å². The number of anilines is 2. The third-order valence-corrected chi connectivity index (χ3v) is 3.86. The van der Waals surface area contributed by atoms with Crippen molar-refractivity contribution in [3.05, 3.63) is 53.1 Å². The highest BCUT2D eigenvalue weighted by atomic mass is 35.5. The molecular formula is C19H22ClN3O3. The van der Waals surface area contributed by atoms with E-state index in [1.807, 2.05) is 0 Å². The lowest BCUT2D eigenvalue weighted by Gasteiger charge is -2.13. The minimum Gasteiger partial charge on any atom is -0.495 e. The Balaban J connectivity index is 1.91. The van der Waals surface area contributed by atoms with Crippen LogP contribution in [-0.2, 0) is 4.79 Å². The van der Waals surface area contributed by atoms with E-state index in [9.17, 15) is 9.59 Å². The van der Waals surface area contributed by atoms with Gasteiger partial charge in [0.25, 0.3) is 5.91 Å². The first-order chi connectivity index (χ1) is 12.4. The van der Waals surface area contributed by atoms with E-state index in [0.29, 0.717) is 28.6 Å². The van der Waals surface area contributed by atoms with Gasteiger partial charge in [-0.25, -0.2) is 0 Å². The lowest BCUT2D eigenvalue weighted by Crippen LogP contribution is -2.22. The number of carbonyl (C=O) groups is 2. The predicted molar refractivity (Wildman–Crippen MR) is 104 cm³/mol. The second-order valence-electron chi connectivity index (χ2n) is 5.85. The van der Waals surface area contributed by atoms with Crippen molar-refractivity contribution < 1.29 is 14.3 Å². The summed E-state index contributed by atoms with van der Waals surface area (Å²) < 4.78 is 5.25. The molecule has 0 radical (unpaired) electrons. The summed E-state index contributed by atoms with van der Waals surface area (Å²) >= 11 is 5.98. The molecule has 0 fully saturated rings. The van der Waals surface area contributed by atoms with Gasteiger partial charge in [-0.1, -0.05) is 17.7 Å². The largest absolute Gasteiger partial charge is 0.495 e. The van der Waals surface area contributed by atoms with Crippen LogP contribution in [0.3, 0.4) is 0 Å². The maximum atomic E-state index is 12.1. The summed E-state index contributed by atoms with van der Waals surface area (Å²) in [6, 6.07) is 12.1. The Bertz CT molecular complexity index is 793. The van der Waals surface area contributed by atoms with Crippen molar-refractivity contribution in [2.45, 2.75) is 6.42 Å². The number of hydrogen-bond acceptors (Lipinski definition) is 4. The maximum Gasteiger partial charge on any atom is 0.253 e. The van der Waals surface area contributed by atoms with E-state index in [-0.39, 0.29) is 18.2 Å². The van der Waals surface area contributed by atoms with Crippen LogP contribution >= 0.6 is 11.6 Å². The first kappa shape index (κ1) is 19.6. The van der Waals surface area contributed by atoms with Gasteiger partial charge in [-0.05, 0) is 36.4 Å². The molecule has 2 amide bonds. The topological polar surface area (TPSA) is 70.7 Å². The van der Waals surface area contributed by atoms with Crippen LogP contribution in [-0.4, -0.2) is 44.5 Å². The summed E-state index contributed by atoms with van der Waals surface area (Å²) in [5, 5.41) is 6.51. The number of nitrogens with zero attached hydrogens (tertiary/aromatic N) is 1. The molecule has 2 aromatic carbocycles.